The van der Waals surface area contributed by atoms with Crippen LogP contribution in [0, 0.1) is 27.7 Å². The first-order valence-corrected chi connectivity index (χ1v) is 4.21. The lowest BCUT2D eigenvalue weighted by Crippen LogP contribution is -2.06. The summed E-state index contributed by atoms with van der Waals surface area (Å²) in [6, 6.07) is 3.90. The second-order valence-corrected chi connectivity index (χ2v) is 3.28. The SMILES string of the molecule is [CH2]C(=O)Nc1cc(C)c(C)c(C)c1. The average Bonchev–Trinajstić information content (AvgIpc) is 1.98. The molecule has 2 heteroatoms. The molecule has 1 amide bonds. The third kappa shape index (κ3) is 2.31. The minimum Gasteiger partial charge on any atom is -0.326 e. The molecule has 0 atom stereocenters. The Kier molecular flexibility index (Phi) is 2.71. The maximum Gasteiger partial charge on any atom is 0.224 e. The second-order valence-electron chi connectivity index (χ2n) is 3.28. The largest absolute Gasteiger partial charge is 0.326 e. The maximum atomic E-state index is 10.7. The van der Waals surface area contributed by atoms with Crippen LogP contribution in [0.3, 0.4) is 0 Å². The van der Waals surface area contributed by atoms with Gasteiger partial charge in [-0.2, -0.15) is 0 Å². The summed E-state index contributed by atoms with van der Waals surface area (Å²) in [5.41, 5.74) is 4.45. The van der Waals surface area contributed by atoms with Gasteiger partial charge in [0.15, 0.2) is 0 Å². The quantitative estimate of drug-likeness (QED) is 0.699. The first kappa shape index (κ1) is 9.78. The zero-order valence-corrected chi connectivity index (χ0v) is 8.27. The molecular formula is C11H14NO. The van der Waals surface area contributed by atoms with Crippen LogP contribution in [0.25, 0.3) is 0 Å². The van der Waals surface area contributed by atoms with E-state index in [0.717, 1.165) is 5.69 Å². The number of aryl methyl sites for hydroxylation is 2. The average molecular weight is 176 g/mol. The summed E-state index contributed by atoms with van der Waals surface area (Å²) in [5, 5.41) is 2.66. The van der Waals surface area contributed by atoms with Crippen LogP contribution in [0.5, 0.6) is 0 Å². The molecule has 0 bridgehead atoms. The number of carbonyl (C=O) groups is 1. The fraction of sp³-hybridized carbons (Fsp3) is 0.273. The number of nitrogens with one attached hydrogen (secondary N) is 1. The van der Waals surface area contributed by atoms with Crippen molar-refractivity contribution in [3.63, 3.8) is 0 Å². The molecule has 2 nitrogen and oxygen atoms in total. The lowest BCUT2D eigenvalue weighted by molar-refractivity contribution is -0.112. The van der Waals surface area contributed by atoms with Gasteiger partial charge in [0, 0.05) is 12.6 Å². The molecule has 1 radical (unpaired) electrons. The molecule has 0 aliphatic heterocycles. The van der Waals surface area contributed by atoms with Gasteiger partial charge >= 0.3 is 0 Å². The second kappa shape index (κ2) is 3.60. The van der Waals surface area contributed by atoms with Gasteiger partial charge in [-0.15, -0.1) is 0 Å². The van der Waals surface area contributed by atoms with E-state index >= 15 is 0 Å². The number of amides is 1. The molecule has 1 N–H and O–H groups in total. The molecule has 69 valence electrons. The first-order valence-electron chi connectivity index (χ1n) is 4.21. The van der Waals surface area contributed by atoms with E-state index in [1.807, 2.05) is 26.0 Å². The Hall–Kier alpha value is -1.31. The van der Waals surface area contributed by atoms with E-state index < -0.39 is 0 Å². The predicted octanol–water partition coefficient (Wildman–Crippen LogP) is 2.38. The van der Waals surface area contributed by atoms with E-state index in [9.17, 15) is 4.79 Å². The lowest BCUT2D eigenvalue weighted by atomic mass is 10.0. The minimum absolute atomic E-state index is 0.275. The van der Waals surface area contributed by atoms with Crippen LogP contribution in [0.1, 0.15) is 16.7 Å². The van der Waals surface area contributed by atoms with Crippen molar-refractivity contribution < 1.29 is 4.79 Å². The van der Waals surface area contributed by atoms with E-state index in [0.29, 0.717) is 0 Å². The van der Waals surface area contributed by atoms with E-state index in [4.69, 9.17) is 0 Å². The first-order chi connectivity index (χ1) is 6.00. The summed E-state index contributed by atoms with van der Waals surface area (Å²) in [7, 11) is 0. The Balaban J connectivity index is 3.06. The van der Waals surface area contributed by atoms with Gasteiger partial charge in [0.25, 0.3) is 0 Å². The highest BCUT2D eigenvalue weighted by molar-refractivity contribution is 5.94. The smallest absolute Gasteiger partial charge is 0.224 e. The number of hydrogen-bond donors (Lipinski definition) is 1. The fourth-order valence-electron chi connectivity index (χ4n) is 1.27. The standard InChI is InChI=1S/C11H14NO/c1-7-5-11(12-10(4)13)6-8(2)9(7)3/h5-6H,4H2,1-3H3,(H,12,13). The summed E-state index contributed by atoms with van der Waals surface area (Å²) < 4.78 is 0. The minimum atomic E-state index is -0.275. The van der Waals surface area contributed by atoms with Gasteiger partial charge in [-0.25, -0.2) is 0 Å². The number of benzene rings is 1. The van der Waals surface area contributed by atoms with Crippen LogP contribution in [0.15, 0.2) is 12.1 Å². The molecular weight excluding hydrogens is 162 g/mol. The van der Waals surface area contributed by atoms with Crippen LogP contribution in [0.2, 0.25) is 0 Å². The molecule has 13 heavy (non-hydrogen) atoms. The van der Waals surface area contributed by atoms with E-state index in [-0.39, 0.29) is 5.91 Å². The number of rotatable bonds is 1. The molecule has 0 saturated carbocycles. The van der Waals surface area contributed by atoms with Crippen LogP contribution in [-0.2, 0) is 4.79 Å². The summed E-state index contributed by atoms with van der Waals surface area (Å²) in [4.78, 5) is 10.7. The van der Waals surface area contributed by atoms with Gasteiger partial charge in [0.2, 0.25) is 5.91 Å². The van der Waals surface area contributed by atoms with Crippen molar-refractivity contribution in [3.05, 3.63) is 35.7 Å². The molecule has 0 aromatic heterocycles. The Bertz CT molecular complexity index is 319. The molecule has 0 fully saturated rings. The number of hydrogen-bond acceptors (Lipinski definition) is 1. The summed E-state index contributed by atoms with van der Waals surface area (Å²) in [6.45, 7) is 9.39. The molecule has 0 heterocycles. The third-order valence-corrected chi connectivity index (χ3v) is 2.21. The van der Waals surface area contributed by atoms with Crippen molar-refractivity contribution in [1.82, 2.24) is 0 Å². The highest BCUT2D eigenvalue weighted by Gasteiger charge is 2.01. The Morgan fingerprint density at radius 3 is 2.08 bits per heavy atom. The predicted molar refractivity (Wildman–Crippen MR) is 54.6 cm³/mol. The van der Waals surface area contributed by atoms with Gasteiger partial charge in [0.05, 0.1) is 0 Å². The van der Waals surface area contributed by atoms with Gasteiger partial charge in [-0.3, -0.25) is 4.79 Å². The lowest BCUT2D eigenvalue weighted by Gasteiger charge is -2.08. The Morgan fingerprint density at radius 2 is 1.69 bits per heavy atom. The molecule has 1 rings (SSSR count). The maximum absolute atomic E-state index is 10.7. The summed E-state index contributed by atoms with van der Waals surface area (Å²) >= 11 is 0. The number of anilines is 1. The van der Waals surface area contributed by atoms with Gasteiger partial charge < -0.3 is 5.32 Å². The van der Waals surface area contributed by atoms with E-state index in [2.05, 4.69) is 19.2 Å². The van der Waals surface area contributed by atoms with Crippen molar-refractivity contribution in [2.75, 3.05) is 5.32 Å². The highest BCUT2D eigenvalue weighted by Crippen LogP contribution is 2.18. The molecule has 0 aliphatic rings. The summed E-state index contributed by atoms with van der Waals surface area (Å²) in [5.74, 6) is -0.275. The monoisotopic (exact) mass is 176 g/mol. The fourth-order valence-corrected chi connectivity index (χ4v) is 1.27. The van der Waals surface area contributed by atoms with Crippen LogP contribution < -0.4 is 5.32 Å². The zero-order valence-electron chi connectivity index (χ0n) is 8.27. The number of carbonyl (C=O) groups excluding carboxylic acids is 1. The van der Waals surface area contributed by atoms with Crippen LogP contribution in [0.4, 0.5) is 5.69 Å². The zero-order chi connectivity index (χ0) is 10.0. The van der Waals surface area contributed by atoms with Crippen molar-refractivity contribution in [1.29, 1.82) is 0 Å². The van der Waals surface area contributed by atoms with Crippen molar-refractivity contribution >= 4 is 11.6 Å². The highest BCUT2D eigenvalue weighted by atomic mass is 16.1. The molecule has 1 aromatic carbocycles. The third-order valence-electron chi connectivity index (χ3n) is 2.21. The molecule has 0 saturated heterocycles. The van der Waals surface area contributed by atoms with Gasteiger partial charge in [-0.1, -0.05) is 0 Å². The normalized spacial score (nSPS) is 9.85. The Labute approximate surface area is 79.0 Å². The van der Waals surface area contributed by atoms with Gasteiger partial charge in [-0.05, 0) is 49.6 Å². The molecule has 0 unspecified atom stereocenters. The Morgan fingerprint density at radius 1 is 1.23 bits per heavy atom. The summed E-state index contributed by atoms with van der Waals surface area (Å²) in [6.07, 6.45) is 0. The van der Waals surface area contributed by atoms with Crippen molar-refractivity contribution in [2.45, 2.75) is 20.8 Å². The van der Waals surface area contributed by atoms with E-state index in [1.165, 1.54) is 16.7 Å². The van der Waals surface area contributed by atoms with Gasteiger partial charge in [0.1, 0.15) is 0 Å². The van der Waals surface area contributed by atoms with E-state index in [1.54, 1.807) is 0 Å². The topological polar surface area (TPSA) is 29.1 Å². The molecule has 0 aliphatic carbocycles. The molecule has 0 spiro atoms. The van der Waals surface area contributed by atoms with Crippen molar-refractivity contribution in [2.24, 2.45) is 0 Å². The van der Waals surface area contributed by atoms with Crippen LogP contribution >= 0.6 is 0 Å². The van der Waals surface area contributed by atoms with Crippen LogP contribution in [-0.4, -0.2) is 5.91 Å². The molecule has 1 aromatic rings. The van der Waals surface area contributed by atoms with Crippen molar-refractivity contribution in [3.8, 4) is 0 Å².